The van der Waals surface area contributed by atoms with Gasteiger partial charge in [-0.05, 0) is 31.4 Å². The van der Waals surface area contributed by atoms with Gasteiger partial charge in [0.05, 0.1) is 12.3 Å². The maximum atomic E-state index is 12.8. The van der Waals surface area contributed by atoms with Gasteiger partial charge in [0.25, 0.3) is 0 Å². The highest BCUT2D eigenvalue weighted by Crippen LogP contribution is 2.30. The minimum Gasteiger partial charge on any atom is -0.381 e. The highest BCUT2D eigenvalue weighted by molar-refractivity contribution is 7.89. The summed E-state index contributed by atoms with van der Waals surface area (Å²) in [7, 11) is -3.85. The van der Waals surface area contributed by atoms with Crippen LogP contribution in [0, 0.1) is 12.8 Å². The molecule has 0 bridgehead atoms. The molecule has 10 heteroatoms. The van der Waals surface area contributed by atoms with Crippen LogP contribution >= 0.6 is 0 Å². The molecular weight excluding hydrogens is 371 g/mol. The molecule has 3 rings (SSSR count). The van der Waals surface area contributed by atoms with E-state index in [1.165, 1.54) is 11.2 Å². The number of piperazine rings is 1. The van der Waals surface area contributed by atoms with Crippen LogP contribution < -0.4 is 0 Å². The number of hydrogen-bond donors (Lipinski definition) is 0. The third-order valence-electron chi connectivity index (χ3n) is 4.82. The highest BCUT2D eigenvalue weighted by atomic mass is 32.2. The van der Waals surface area contributed by atoms with Crippen LogP contribution in [0.3, 0.4) is 0 Å². The minimum absolute atomic E-state index is 0.134. The average Bonchev–Trinajstić information content (AvgIpc) is 3.07. The number of ether oxygens (including phenoxy) is 1. The fourth-order valence-electron chi connectivity index (χ4n) is 3.36. The van der Waals surface area contributed by atoms with E-state index in [0.29, 0.717) is 32.1 Å². The van der Waals surface area contributed by atoms with E-state index in [1.54, 1.807) is 0 Å². The van der Waals surface area contributed by atoms with Crippen LogP contribution in [-0.4, -0.2) is 68.5 Å². The Morgan fingerprint density at radius 1 is 1.23 bits per heavy atom. The molecule has 1 aromatic heterocycles. The number of rotatable bonds is 4. The van der Waals surface area contributed by atoms with Gasteiger partial charge in [-0.2, -0.15) is 17.5 Å². The Bertz CT molecular complexity index is 741. The van der Waals surface area contributed by atoms with E-state index in [1.807, 2.05) is 0 Å². The second kappa shape index (κ2) is 7.41. The smallest absolute Gasteiger partial charge is 0.381 e. The standard InChI is InChI=1S/C16H22F3N3O3S/c1-12-14(2-3-15(20-12)16(17,18)19)26(23,24)22-7-5-21(6-8-22)10-13-4-9-25-11-13/h2-3,13H,4-11H2,1H3. The number of nitrogens with zero attached hydrogens (tertiary/aromatic N) is 3. The summed E-state index contributed by atoms with van der Waals surface area (Å²) in [5.74, 6) is 0.486. The number of pyridine rings is 1. The molecule has 1 aromatic rings. The Morgan fingerprint density at radius 3 is 2.46 bits per heavy atom. The van der Waals surface area contributed by atoms with Crippen molar-refractivity contribution >= 4 is 10.0 Å². The zero-order valence-corrected chi connectivity index (χ0v) is 15.3. The number of hydrogen-bond acceptors (Lipinski definition) is 5. The fraction of sp³-hybridized carbons (Fsp3) is 0.688. The van der Waals surface area contributed by atoms with Crippen LogP contribution in [0.5, 0.6) is 0 Å². The molecule has 1 atom stereocenters. The molecule has 146 valence electrons. The van der Waals surface area contributed by atoms with Crippen LogP contribution in [0.25, 0.3) is 0 Å². The van der Waals surface area contributed by atoms with Crippen molar-refractivity contribution in [2.45, 2.75) is 24.4 Å². The van der Waals surface area contributed by atoms with Crippen molar-refractivity contribution in [3.63, 3.8) is 0 Å². The zero-order valence-electron chi connectivity index (χ0n) is 14.5. The topological polar surface area (TPSA) is 62.7 Å². The molecule has 1 unspecified atom stereocenters. The summed E-state index contributed by atoms with van der Waals surface area (Å²) in [4.78, 5) is 5.48. The van der Waals surface area contributed by atoms with Crippen molar-refractivity contribution in [3.05, 3.63) is 23.5 Å². The summed E-state index contributed by atoms with van der Waals surface area (Å²) in [5.41, 5.74) is -1.22. The monoisotopic (exact) mass is 393 g/mol. The molecule has 26 heavy (non-hydrogen) atoms. The highest BCUT2D eigenvalue weighted by Gasteiger charge is 2.35. The maximum Gasteiger partial charge on any atom is 0.433 e. The third-order valence-corrected chi connectivity index (χ3v) is 6.85. The maximum absolute atomic E-state index is 12.8. The molecule has 0 N–H and O–H groups in total. The van der Waals surface area contributed by atoms with E-state index in [0.717, 1.165) is 38.3 Å². The third kappa shape index (κ3) is 4.19. The lowest BCUT2D eigenvalue weighted by Gasteiger charge is -2.35. The first-order valence-corrected chi connectivity index (χ1v) is 9.97. The number of aromatic nitrogens is 1. The molecule has 0 saturated carbocycles. The van der Waals surface area contributed by atoms with Gasteiger partial charge >= 0.3 is 6.18 Å². The molecule has 0 aliphatic carbocycles. The molecule has 2 aliphatic rings. The van der Waals surface area contributed by atoms with E-state index in [-0.39, 0.29) is 10.6 Å². The van der Waals surface area contributed by atoms with E-state index < -0.39 is 21.9 Å². The van der Waals surface area contributed by atoms with Crippen molar-refractivity contribution < 1.29 is 26.3 Å². The van der Waals surface area contributed by atoms with Gasteiger partial charge in [-0.25, -0.2) is 13.4 Å². The Kier molecular flexibility index (Phi) is 5.57. The fourth-order valence-corrected chi connectivity index (χ4v) is 4.94. The Labute approximate surface area is 151 Å². The van der Waals surface area contributed by atoms with Crippen LogP contribution in [0.4, 0.5) is 13.2 Å². The normalized spacial score (nSPS) is 23.5. The van der Waals surface area contributed by atoms with Gasteiger partial charge in [0.2, 0.25) is 10.0 Å². The van der Waals surface area contributed by atoms with Gasteiger partial charge < -0.3 is 9.64 Å². The molecule has 2 saturated heterocycles. The Balaban J connectivity index is 1.67. The summed E-state index contributed by atoms with van der Waals surface area (Å²) in [6.07, 6.45) is -3.57. The summed E-state index contributed by atoms with van der Waals surface area (Å²) in [6, 6.07) is 1.72. The van der Waals surface area contributed by atoms with Crippen molar-refractivity contribution in [3.8, 4) is 0 Å². The van der Waals surface area contributed by atoms with Gasteiger partial charge in [0, 0.05) is 39.3 Å². The second-order valence-electron chi connectivity index (χ2n) is 6.71. The summed E-state index contributed by atoms with van der Waals surface area (Å²) in [6.45, 7) is 5.53. The summed E-state index contributed by atoms with van der Waals surface area (Å²) >= 11 is 0. The summed E-state index contributed by atoms with van der Waals surface area (Å²) < 4.78 is 70.4. The summed E-state index contributed by atoms with van der Waals surface area (Å²) in [5, 5.41) is 0. The number of aryl methyl sites for hydroxylation is 1. The first-order chi connectivity index (χ1) is 12.2. The van der Waals surface area contributed by atoms with E-state index in [2.05, 4.69) is 9.88 Å². The van der Waals surface area contributed by atoms with Crippen LogP contribution in [0.1, 0.15) is 17.8 Å². The molecular formula is C16H22F3N3O3S. The molecule has 0 spiro atoms. The van der Waals surface area contributed by atoms with Crippen molar-refractivity contribution in [1.29, 1.82) is 0 Å². The predicted octanol–water partition coefficient (Wildman–Crippen LogP) is 1.75. The van der Waals surface area contributed by atoms with Gasteiger partial charge in [-0.15, -0.1) is 0 Å². The zero-order chi connectivity index (χ0) is 18.9. The molecule has 2 aliphatic heterocycles. The Hall–Kier alpha value is -1.23. The van der Waals surface area contributed by atoms with Crippen LogP contribution in [0.15, 0.2) is 17.0 Å². The first kappa shape index (κ1) is 19.5. The Morgan fingerprint density at radius 2 is 1.92 bits per heavy atom. The van der Waals surface area contributed by atoms with Gasteiger partial charge in [-0.3, -0.25) is 0 Å². The molecule has 0 radical (unpaired) electrons. The van der Waals surface area contributed by atoms with E-state index in [4.69, 9.17) is 4.74 Å². The van der Waals surface area contributed by atoms with E-state index in [9.17, 15) is 21.6 Å². The molecule has 0 aromatic carbocycles. The minimum atomic E-state index is -4.59. The lowest BCUT2D eigenvalue weighted by atomic mass is 10.1. The van der Waals surface area contributed by atoms with Gasteiger partial charge in [0.1, 0.15) is 10.6 Å². The lowest BCUT2D eigenvalue weighted by molar-refractivity contribution is -0.141. The number of alkyl halides is 3. The predicted molar refractivity (Wildman–Crippen MR) is 88.1 cm³/mol. The van der Waals surface area contributed by atoms with E-state index >= 15 is 0 Å². The number of halogens is 3. The van der Waals surface area contributed by atoms with Crippen molar-refractivity contribution in [2.24, 2.45) is 5.92 Å². The molecule has 6 nitrogen and oxygen atoms in total. The van der Waals surface area contributed by atoms with Crippen molar-refractivity contribution in [2.75, 3.05) is 45.9 Å². The van der Waals surface area contributed by atoms with Crippen LogP contribution in [-0.2, 0) is 20.9 Å². The SMILES string of the molecule is Cc1nc(C(F)(F)F)ccc1S(=O)(=O)N1CCN(CC2CCOC2)CC1. The van der Waals surface area contributed by atoms with Crippen LogP contribution in [0.2, 0.25) is 0 Å². The van der Waals surface area contributed by atoms with Crippen molar-refractivity contribution in [1.82, 2.24) is 14.2 Å². The second-order valence-corrected chi connectivity index (χ2v) is 8.62. The first-order valence-electron chi connectivity index (χ1n) is 8.53. The average molecular weight is 393 g/mol. The number of sulfonamides is 1. The molecule has 2 fully saturated rings. The largest absolute Gasteiger partial charge is 0.433 e. The quantitative estimate of drug-likeness (QED) is 0.780. The molecule has 0 amide bonds. The lowest BCUT2D eigenvalue weighted by Crippen LogP contribution is -2.49. The van der Waals surface area contributed by atoms with Gasteiger partial charge in [0.15, 0.2) is 0 Å². The van der Waals surface area contributed by atoms with Gasteiger partial charge in [-0.1, -0.05) is 0 Å². The molecule has 3 heterocycles.